The van der Waals surface area contributed by atoms with Crippen LogP contribution in [0.4, 0.5) is 0 Å². The van der Waals surface area contributed by atoms with Crippen molar-refractivity contribution in [1.82, 2.24) is 10.3 Å². The lowest BCUT2D eigenvalue weighted by Gasteiger charge is -1.97. The van der Waals surface area contributed by atoms with Gasteiger partial charge >= 0.3 is 0 Å². The van der Waals surface area contributed by atoms with Crippen LogP contribution in [0.2, 0.25) is 0 Å². The minimum absolute atomic E-state index is 0.148. The van der Waals surface area contributed by atoms with Gasteiger partial charge in [0.15, 0.2) is 0 Å². The maximum absolute atomic E-state index is 11.0. The van der Waals surface area contributed by atoms with Gasteiger partial charge in [-0.2, -0.15) is 0 Å². The lowest BCUT2D eigenvalue weighted by molar-refractivity contribution is 0.0958. The van der Waals surface area contributed by atoms with Crippen molar-refractivity contribution < 1.29 is 4.79 Å². The molecule has 0 saturated heterocycles. The van der Waals surface area contributed by atoms with E-state index < -0.39 is 0 Å². The molecule has 56 valence electrons. The molecular weight excluding hydrogens is 139 g/mol. The van der Waals surface area contributed by atoms with Gasteiger partial charge in [-0.15, -0.1) is 0 Å². The highest BCUT2D eigenvalue weighted by atomic mass is 16.1. The van der Waals surface area contributed by atoms with Gasteiger partial charge in [0.25, 0.3) is 5.91 Å². The Morgan fingerprint density at radius 2 is 2.36 bits per heavy atom. The van der Waals surface area contributed by atoms with Crippen molar-refractivity contribution >= 4 is 19.2 Å². The monoisotopic (exact) mass is 148 g/mol. The zero-order valence-electron chi connectivity index (χ0n) is 6.59. The maximum Gasteiger partial charge on any atom is 0.269 e. The summed E-state index contributed by atoms with van der Waals surface area (Å²) >= 11 is 0. The van der Waals surface area contributed by atoms with Crippen LogP contribution in [0.1, 0.15) is 10.5 Å². The SMILES string of the molecule is Bc1ccc(C(=O)NC)nc1. The van der Waals surface area contributed by atoms with E-state index in [0.29, 0.717) is 5.69 Å². The lowest BCUT2D eigenvalue weighted by Crippen LogP contribution is -2.20. The molecule has 0 aromatic carbocycles. The third-order valence-electron chi connectivity index (χ3n) is 1.37. The predicted octanol–water partition coefficient (Wildman–Crippen LogP) is -1.30. The number of nitrogens with one attached hydrogen (secondary N) is 1. The Labute approximate surface area is 66.2 Å². The first kappa shape index (κ1) is 7.79. The highest BCUT2D eigenvalue weighted by molar-refractivity contribution is 6.32. The van der Waals surface area contributed by atoms with Gasteiger partial charge in [-0.3, -0.25) is 9.78 Å². The lowest BCUT2D eigenvalue weighted by atomic mass is 9.99. The molecule has 0 spiro atoms. The van der Waals surface area contributed by atoms with Crippen LogP contribution in [0.25, 0.3) is 0 Å². The highest BCUT2D eigenvalue weighted by Gasteiger charge is 2.01. The van der Waals surface area contributed by atoms with E-state index in [4.69, 9.17) is 0 Å². The standard InChI is InChI=1S/C7H9BN2O/c1-9-7(11)6-3-2-5(8)4-10-6/h2-4H,8H2,1H3,(H,9,11). The number of hydrogen-bond donors (Lipinski definition) is 1. The van der Waals surface area contributed by atoms with Crippen LogP contribution in [0.5, 0.6) is 0 Å². The molecule has 1 aromatic rings. The number of aromatic nitrogens is 1. The molecule has 0 bridgehead atoms. The molecule has 1 rings (SSSR count). The summed E-state index contributed by atoms with van der Waals surface area (Å²) in [5, 5.41) is 2.50. The third kappa shape index (κ3) is 1.80. The quantitative estimate of drug-likeness (QED) is 0.503. The van der Waals surface area contributed by atoms with Crippen molar-refractivity contribution in [2.24, 2.45) is 0 Å². The molecule has 0 unspecified atom stereocenters. The van der Waals surface area contributed by atoms with E-state index in [1.807, 2.05) is 13.9 Å². The molecule has 0 aliphatic heterocycles. The second-order valence-corrected chi connectivity index (χ2v) is 2.30. The highest BCUT2D eigenvalue weighted by Crippen LogP contribution is 1.89. The fourth-order valence-corrected chi connectivity index (χ4v) is 0.730. The average molecular weight is 148 g/mol. The van der Waals surface area contributed by atoms with Gasteiger partial charge in [0.2, 0.25) is 0 Å². The number of nitrogens with zero attached hydrogens (tertiary/aromatic N) is 1. The van der Waals surface area contributed by atoms with Crippen LogP contribution in [0.15, 0.2) is 18.3 Å². The molecule has 0 aliphatic carbocycles. The van der Waals surface area contributed by atoms with Gasteiger partial charge < -0.3 is 5.32 Å². The Balaban J connectivity index is 2.90. The topological polar surface area (TPSA) is 42.0 Å². The fourth-order valence-electron chi connectivity index (χ4n) is 0.730. The number of pyridine rings is 1. The number of hydrogen-bond acceptors (Lipinski definition) is 2. The van der Waals surface area contributed by atoms with E-state index in [2.05, 4.69) is 10.3 Å². The Kier molecular flexibility index (Phi) is 2.26. The summed E-state index contributed by atoms with van der Waals surface area (Å²) in [7, 11) is 3.52. The molecule has 1 aromatic heterocycles. The molecule has 1 N–H and O–H groups in total. The summed E-state index contributed by atoms with van der Waals surface area (Å²) in [6.45, 7) is 0. The van der Waals surface area contributed by atoms with E-state index in [1.54, 1.807) is 19.3 Å². The maximum atomic E-state index is 11.0. The van der Waals surface area contributed by atoms with Crippen molar-refractivity contribution in [3.05, 3.63) is 24.0 Å². The average Bonchev–Trinajstić information content (AvgIpc) is 2.05. The molecular formula is C7H9BN2O. The van der Waals surface area contributed by atoms with Crippen LogP contribution < -0.4 is 10.8 Å². The second kappa shape index (κ2) is 3.19. The smallest absolute Gasteiger partial charge is 0.269 e. The normalized spacial score (nSPS) is 9.18. The number of amides is 1. The van der Waals surface area contributed by atoms with E-state index in [0.717, 1.165) is 5.46 Å². The molecule has 3 nitrogen and oxygen atoms in total. The van der Waals surface area contributed by atoms with Crippen molar-refractivity contribution in [2.75, 3.05) is 7.05 Å². The summed E-state index contributed by atoms with van der Waals surface area (Å²) in [6, 6.07) is 3.56. The largest absolute Gasteiger partial charge is 0.354 e. The molecule has 0 saturated carbocycles. The molecule has 0 atom stereocenters. The van der Waals surface area contributed by atoms with Gasteiger partial charge in [0.05, 0.1) is 0 Å². The molecule has 0 fully saturated rings. The summed E-state index contributed by atoms with van der Waals surface area (Å²) in [5.41, 5.74) is 1.51. The van der Waals surface area contributed by atoms with Gasteiger partial charge in [-0.25, -0.2) is 0 Å². The van der Waals surface area contributed by atoms with Gasteiger partial charge in [0.1, 0.15) is 13.5 Å². The predicted molar refractivity (Wildman–Crippen MR) is 45.8 cm³/mol. The molecule has 4 heteroatoms. The molecule has 1 heterocycles. The molecule has 11 heavy (non-hydrogen) atoms. The summed E-state index contributed by atoms with van der Waals surface area (Å²) in [4.78, 5) is 14.9. The van der Waals surface area contributed by atoms with E-state index in [1.165, 1.54) is 0 Å². The number of carbonyl (C=O) groups excluding carboxylic acids is 1. The first-order valence-electron chi connectivity index (χ1n) is 3.39. The molecule has 0 aliphatic rings. The van der Waals surface area contributed by atoms with Gasteiger partial charge in [-0.05, 0) is 6.07 Å². The number of rotatable bonds is 1. The third-order valence-corrected chi connectivity index (χ3v) is 1.37. The van der Waals surface area contributed by atoms with E-state index in [-0.39, 0.29) is 5.91 Å². The Morgan fingerprint density at radius 1 is 1.64 bits per heavy atom. The van der Waals surface area contributed by atoms with Crippen molar-refractivity contribution in [3.8, 4) is 0 Å². The van der Waals surface area contributed by atoms with Crippen molar-refractivity contribution in [1.29, 1.82) is 0 Å². The van der Waals surface area contributed by atoms with Crippen LogP contribution in [-0.2, 0) is 0 Å². The summed E-state index contributed by atoms with van der Waals surface area (Å²) < 4.78 is 0. The second-order valence-electron chi connectivity index (χ2n) is 2.30. The van der Waals surface area contributed by atoms with E-state index >= 15 is 0 Å². The van der Waals surface area contributed by atoms with Gasteiger partial charge in [-0.1, -0.05) is 11.5 Å². The fraction of sp³-hybridized carbons (Fsp3) is 0.143. The van der Waals surface area contributed by atoms with Crippen molar-refractivity contribution in [2.45, 2.75) is 0 Å². The first-order chi connectivity index (χ1) is 5.24. The van der Waals surface area contributed by atoms with Crippen LogP contribution in [0.3, 0.4) is 0 Å². The minimum Gasteiger partial charge on any atom is -0.354 e. The first-order valence-corrected chi connectivity index (χ1v) is 3.39. The van der Waals surface area contributed by atoms with E-state index in [9.17, 15) is 4.79 Å². The van der Waals surface area contributed by atoms with Crippen LogP contribution in [-0.4, -0.2) is 25.8 Å². The Morgan fingerprint density at radius 3 is 2.82 bits per heavy atom. The Bertz CT molecular complexity index is 258. The Hall–Kier alpha value is -1.32. The summed E-state index contributed by atoms with van der Waals surface area (Å²) in [6.07, 6.45) is 1.67. The zero-order chi connectivity index (χ0) is 8.27. The van der Waals surface area contributed by atoms with Gasteiger partial charge in [0, 0.05) is 13.2 Å². The zero-order valence-corrected chi connectivity index (χ0v) is 6.59. The number of carbonyl (C=O) groups is 1. The molecule has 0 radical (unpaired) electrons. The van der Waals surface area contributed by atoms with Crippen molar-refractivity contribution in [3.63, 3.8) is 0 Å². The minimum atomic E-state index is -0.148. The van der Waals surface area contributed by atoms with Crippen LogP contribution >= 0.6 is 0 Å². The molecule has 1 amide bonds. The van der Waals surface area contributed by atoms with Crippen LogP contribution in [0, 0.1) is 0 Å². The summed E-state index contributed by atoms with van der Waals surface area (Å²) in [5.74, 6) is -0.148.